The van der Waals surface area contributed by atoms with Crippen LogP contribution in [0.4, 0.5) is 27.9 Å². The molecule has 4 N–H and O–H groups in total. The number of H-pyrrole nitrogens is 1. The van der Waals surface area contributed by atoms with Crippen molar-refractivity contribution in [1.29, 1.82) is 0 Å². The van der Waals surface area contributed by atoms with Gasteiger partial charge in [0, 0.05) is 77.6 Å². The Kier molecular flexibility index (Phi) is 10.1. The van der Waals surface area contributed by atoms with Crippen LogP contribution in [-0.2, 0) is 4.74 Å². The molecule has 14 heteroatoms. The Morgan fingerprint density at radius 2 is 1.70 bits per heavy atom. The second-order valence-corrected chi connectivity index (χ2v) is 13.3. The average Bonchev–Trinajstić information content (AvgIpc) is 3.90. The Bertz CT molecular complexity index is 2660. The van der Waals surface area contributed by atoms with Crippen LogP contribution in [0.5, 0.6) is 17.4 Å². The first kappa shape index (κ1) is 35.4. The molecule has 3 aromatic heterocycles. The van der Waals surface area contributed by atoms with Gasteiger partial charge in [-0.05, 0) is 42.5 Å². The number of anilines is 4. The summed E-state index contributed by atoms with van der Waals surface area (Å²) in [5.74, 6) is 2.50. The molecule has 0 bridgehead atoms. The van der Waals surface area contributed by atoms with Crippen molar-refractivity contribution in [3.8, 4) is 34.3 Å². The highest BCUT2D eigenvalue weighted by atomic mass is 16.5. The molecule has 14 nitrogen and oxygen atoms in total. The molecule has 4 heterocycles. The summed E-state index contributed by atoms with van der Waals surface area (Å²) < 4.78 is 19.6. The number of rotatable bonds is 12. The molecule has 0 saturated carbocycles. The second-order valence-electron chi connectivity index (χ2n) is 13.3. The second kappa shape index (κ2) is 16.2. The molecule has 1 aliphatic heterocycles. The van der Waals surface area contributed by atoms with E-state index in [1.54, 1.807) is 16.9 Å². The normalized spacial score (nSPS) is 13.1. The number of ether oxygens (including phenoxy) is 3. The molecule has 5 aromatic carbocycles. The van der Waals surface area contributed by atoms with Gasteiger partial charge in [-0.1, -0.05) is 60.7 Å². The molecule has 1 fully saturated rings. The van der Waals surface area contributed by atoms with E-state index in [4.69, 9.17) is 19.3 Å². The third kappa shape index (κ3) is 8.22. The van der Waals surface area contributed by atoms with Gasteiger partial charge in [-0.25, -0.2) is 14.5 Å². The fourth-order valence-corrected chi connectivity index (χ4v) is 6.70. The minimum absolute atomic E-state index is 0.356. The first-order valence-corrected chi connectivity index (χ1v) is 18.6. The standard InChI is InChI=1S/C43H38N10O4/c54-43(48-40-27-38(29-7-2-1-3-8-29)51-53(40)32-9-6-10-33(26-32)56-24-21-52-19-22-55-23-20-52)47-37-15-16-39(35-12-5-4-11-34(35)37)57-41-17-18-44-42(49-41)46-31-13-14-36-30(25-31)28-45-50-36/h1-18,25-28H,19-24H2,(H,45,50)(H,44,46,49)(H2,47,48,54). The molecule has 0 unspecified atom stereocenters. The maximum Gasteiger partial charge on any atom is 0.324 e. The summed E-state index contributed by atoms with van der Waals surface area (Å²) in [6.07, 6.45) is 3.46. The number of carbonyl (C=O) groups excluding carboxylic acids is 1. The van der Waals surface area contributed by atoms with Gasteiger partial charge in [0.05, 0.1) is 35.8 Å². The largest absolute Gasteiger partial charge is 0.492 e. The molecule has 0 radical (unpaired) electrons. The van der Waals surface area contributed by atoms with Gasteiger partial charge in [-0.15, -0.1) is 0 Å². The summed E-state index contributed by atoms with van der Waals surface area (Å²) in [5, 5.41) is 23.8. The zero-order chi connectivity index (χ0) is 38.4. The number of aromatic amines is 1. The highest BCUT2D eigenvalue weighted by Crippen LogP contribution is 2.35. The van der Waals surface area contributed by atoms with Crippen LogP contribution in [-0.4, -0.2) is 80.3 Å². The predicted molar refractivity (Wildman–Crippen MR) is 220 cm³/mol. The number of nitrogens with one attached hydrogen (secondary N) is 4. The van der Waals surface area contributed by atoms with E-state index in [0.717, 1.165) is 71.5 Å². The zero-order valence-electron chi connectivity index (χ0n) is 30.8. The molecule has 0 aliphatic carbocycles. The number of amides is 2. The summed E-state index contributed by atoms with van der Waals surface area (Å²) in [4.78, 5) is 25.0. The van der Waals surface area contributed by atoms with Gasteiger partial charge >= 0.3 is 6.03 Å². The Balaban J connectivity index is 0.926. The number of benzene rings is 5. The number of hydrogen-bond donors (Lipinski definition) is 4. The summed E-state index contributed by atoms with van der Waals surface area (Å²) >= 11 is 0. The zero-order valence-corrected chi connectivity index (χ0v) is 30.8. The molecule has 9 rings (SSSR count). The molecule has 0 atom stereocenters. The van der Waals surface area contributed by atoms with Crippen LogP contribution in [0, 0.1) is 0 Å². The maximum absolute atomic E-state index is 13.8. The summed E-state index contributed by atoms with van der Waals surface area (Å²) in [6, 6.07) is 37.8. The minimum Gasteiger partial charge on any atom is -0.492 e. The molecule has 284 valence electrons. The SMILES string of the molecule is O=C(Nc1ccc(Oc2ccnc(Nc3ccc4n[nH]cc4c3)n2)c2ccccc12)Nc1cc(-c2ccccc2)nn1-c1cccc(OCCN2CCOCC2)c1. The number of hydrogen-bond acceptors (Lipinski definition) is 10. The first-order valence-electron chi connectivity index (χ1n) is 18.6. The van der Waals surface area contributed by atoms with Gasteiger partial charge in [0.2, 0.25) is 11.8 Å². The average molecular weight is 759 g/mol. The van der Waals surface area contributed by atoms with Crippen molar-refractivity contribution in [2.45, 2.75) is 0 Å². The molecule has 1 saturated heterocycles. The molecular weight excluding hydrogens is 721 g/mol. The number of morpholine rings is 1. The lowest BCUT2D eigenvalue weighted by Gasteiger charge is -2.26. The van der Waals surface area contributed by atoms with Crippen molar-refractivity contribution >= 4 is 50.8 Å². The van der Waals surface area contributed by atoms with E-state index in [1.807, 2.05) is 121 Å². The third-order valence-electron chi connectivity index (χ3n) is 9.53. The van der Waals surface area contributed by atoms with Crippen LogP contribution in [0.2, 0.25) is 0 Å². The lowest BCUT2D eigenvalue weighted by Crippen LogP contribution is -2.38. The Labute approximate surface area is 327 Å². The fourth-order valence-electron chi connectivity index (χ4n) is 6.70. The summed E-state index contributed by atoms with van der Waals surface area (Å²) in [7, 11) is 0. The topological polar surface area (TPSA) is 156 Å². The van der Waals surface area contributed by atoms with Crippen molar-refractivity contribution in [2.24, 2.45) is 0 Å². The highest BCUT2D eigenvalue weighted by molar-refractivity contribution is 6.07. The van der Waals surface area contributed by atoms with E-state index in [1.165, 1.54) is 0 Å². The molecular formula is C43H38N10O4. The Morgan fingerprint density at radius 3 is 2.60 bits per heavy atom. The van der Waals surface area contributed by atoms with E-state index in [0.29, 0.717) is 47.1 Å². The van der Waals surface area contributed by atoms with Crippen LogP contribution >= 0.6 is 0 Å². The smallest absolute Gasteiger partial charge is 0.324 e. The van der Waals surface area contributed by atoms with E-state index in [9.17, 15) is 4.79 Å². The number of urea groups is 1. The molecule has 2 amide bonds. The van der Waals surface area contributed by atoms with Gasteiger partial charge in [0.15, 0.2) is 0 Å². The molecule has 1 aliphatic rings. The van der Waals surface area contributed by atoms with Crippen molar-refractivity contribution < 1.29 is 19.0 Å². The highest BCUT2D eigenvalue weighted by Gasteiger charge is 2.17. The van der Waals surface area contributed by atoms with Crippen LogP contribution in [0.15, 0.2) is 134 Å². The Morgan fingerprint density at radius 1 is 0.842 bits per heavy atom. The van der Waals surface area contributed by atoms with Gasteiger partial charge < -0.3 is 24.8 Å². The lowest BCUT2D eigenvalue weighted by molar-refractivity contribution is 0.0322. The van der Waals surface area contributed by atoms with Gasteiger partial charge in [0.1, 0.15) is 23.9 Å². The molecule has 8 aromatic rings. The van der Waals surface area contributed by atoms with Crippen LogP contribution in [0.3, 0.4) is 0 Å². The number of carbonyl (C=O) groups is 1. The van der Waals surface area contributed by atoms with Crippen LogP contribution in [0.25, 0.3) is 38.6 Å². The summed E-state index contributed by atoms with van der Waals surface area (Å²) in [5.41, 5.74) is 4.65. The van der Waals surface area contributed by atoms with Crippen molar-refractivity contribution in [3.63, 3.8) is 0 Å². The van der Waals surface area contributed by atoms with Crippen LogP contribution in [0.1, 0.15) is 0 Å². The predicted octanol–water partition coefficient (Wildman–Crippen LogP) is 8.25. The number of nitrogens with zero attached hydrogens (tertiary/aromatic N) is 6. The Hall–Kier alpha value is -7.29. The van der Waals surface area contributed by atoms with Crippen molar-refractivity contribution in [1.82, 2.24) is 34.8 Å². The lowest BCUT2D eigenvalue weighted by atomic mass is 10.1. The third-order valence-corrected chi connectivity index (χ3v) is 9.53. The first-order chi connectivity index (χ1) is 28.1. The van der Waals surface area contributed by atoms with E-state index in [2.05, 4.69) is 41.0 Å². The molecule has 0 spiro atoms. The monoisotopic (exact) mass is 758 g/mol. The van der Waals surface area contributed by atoms with Gasteiger partial charge in [-0.2, -0.15) is 15.2 Å². The van der Waals surface area contributed by atoms with E-state index in [-0.39, 0.29) is 0 Å². The summed E-state index contributed by atoms with van der Waals surface area (Å²) in [6.45, 7) is 4.65. The van der Waals surface area contributed by atoms with Crippen molar-refractivity contribution in [2.75, 3.05) is 55.4 Å². The molecule has 57 heavy (non-hydrogen) atoms. The number of fused-ring (bicyclic) bond motifs is 2. The maximum atomic E-state index is 13.8. The van der Waals surface area contributed by atoms with E-state index >= 15 is 0 Å². The minimum atomic E-state index is -0.437. The van der Waals surface area contributed by atoms with Crippen molar-refractivity contribution in [3.05, 3.63) is 134 Å². The van der Waals surface area contributed by atoms with E-state index < -0.39 is 6.03 Å². The fraction of sp³-hybridized carbons (Fsp3) is 0.140. The van der Waals surface area contributed by atoms with Gasteiger partial charge in [-0.3, -0.25) is 15.3 Å². The number of aromatic nitrogens is 6. The van der Waals surface area contributed by atoms with Gasteiger partial charge in [0.25, 0.3) is 0 Å². The quantitative estimate of drug-likeness (QED) is 0.0957. The van der Waals surface area contributed by atoms with Crippen LogP contribution < -0.4 is 25.4 Å².